The van der Waals surface area contributed by atoms with Crippen molar-refractivity contribution in [1.82, 2.24) is 0 Å². The average molecular weight is 236 g/mol. The minimum Gasteiger partial charge on any atom is -0.396 e. The fourth-order valence-corrected chi connectivity index (χ4v) is 1.98. The van der Waals surface area contributed by atoms with Crippen molar-refractivity contribution >= 4 is 5.69 Å². The van der Waals surface area contributed by atoms with Gasteiger partial charge in [0.2, 0.25) is 0 Å². The highest BCUT2D eigenvalue weighted by atomic mass is 16.2. The van der Waals surface area contributed by atoms with Gasteiger partial charge in [0, 0.05) is 31.9 Å². The Balaban J connectivity index is 2.58. The van der Waals surface area contributed by atoms with Gasteiger partial charge in [0.1, 0.15) is 0 Å². The fraction of sp³-hybridized carbons (Fsp3) is 0.571. The molecule has 0 aromatic heterocycles. The summed E-state index contributed by atoms with van der Waals surface area (Å²) in [5.74, 6) is 0. The smallest absolute Gasteiger partial charge is 0.0431 e. The maximum atomic E-state index is 8.74. The van der Waals surface area contributed by atoms with Gasteiger partial charge >= 0.3 is 0 Å². The molecule has 0 saturated carbocycles. The van der Waals surface area contributed by atoms with Crippen LogP contribution in [0.15, 0.2) is 24.3 Å². The second kappa shape index (κ2) is 7.30. The van der Waals surface area contributed by atoms with Crippen LogP contribution in [0.2, 0.25) is 0 Å². The Hall–Kier alpha value is -1.06. The third-order valence-electron chi connectivity index (χ3n) is 2.99. The summed E-state index contributed by atoms with van der Waals surface area (Å²) in [5, 5.41) is 8.74. The van der Waals surface area contributed by atoms with Crippen molar-refractivity contribution < 1.29 is 5.11 Å². The van der Waals surface area contributed by atoms with E-state index in [0.29, 0.717) is 6.61 Å². The minimum atomic E-state index is 0.0612. The van der Waals surface area contributed by atoms with Crippen molar-refractivity contribution in [3.8, 4) is 0 Å². The number of benzene rings is 1. The zero-order valence-corrected chi connectivity index (χ0v) is 10.9. The summed E-state index contributed by atoms with van der Waals surface area (Å²) in [5.41, 5.74) is 8.38. The van der Waals surface area contributed by atoms with Crippen LogP contribution in [0.25, 0.3) is 0 Å². The summed E-state index contributed by atoms with van der Waals surface area (Å²) in [6.07, 6.45) is 3.06. The molecule has 0 spiro atoms. The number of nitrogens with two attached hydrogens (primary N) is 1. The number of rotatable bonds is 7. The number of aliphatic hydroxyl groups is 1. The Morgan fingerprint density at radius 1 is 1.24 bits per heavy atom. The minimum absolute atomic E-state index is 0.0612. The molecule has 0 radical (unpaired) electrons. The average Bonchev–Trinajstić information content (AvgIpc) is 2.34. The molecule has 1 aromatic carbocycles. The molecule has 1 rings (SSSR count). The number of hydrogen-bond acceptors (Lipinski definition) is 3. The summed E-state index contributed by atoms with van der Waals surface area (Å²) in [7, 11) is 2.10. The Bertz CT molecular complexity index is 326. The number of aliphatic hydroxyl groups excluding tert-OH is 1. The summed E-state index contributed by atoms with van der Waals surface area (Å²) in [4.78, 5) is 2.25. The number of anilines is 1. The Morgan fingerprint density at radius 2 is 1.94 bits per heavy atom. The maximum absolute atomic E-state index is 8.74. The highest BCUT2D eigenvalue weighted by Gasteiger charge is 2.09. The van der Waals surface area contributed by atoms with Gasteiger partial charge in [-0.1, -0.05) is 18.2 Å². The third kappa shape index (κ3) is 4.36. The molecule has 0 aliphatic rings. The molecule has 0 fully saturated rings. The fourth-order valence-electron chi connectivity index (χ4n) is 1.98. The van der Waals surface area contributed by atoms with Gasteiger partial charge in [-0.15, -0.1) is 0 Å². The summed E-state index contributed by atoms with van der Waals surface area (Å²) < 4.78 is 0. The molecule has 0 bridgehead atoms. The van der Waals surface area contributed by atoms with Crippen LogP contribution < -0.4 is 10.6 Å². The van der Waals surface area contributed by atoms with Crippen molar-refractivity contribution in [1.29, 1.82) is 0 Å². The lowest BCUT2D eigenvalue weighted by Gasteiger charge is -2.23. The normalized spacial score (nSPS) is 12.5. The third-order valence-corrected chi connectivity index (χ3v) is 2.99. The van der Waals surface area contributed by atoms with Crippen LogP contribution in [0.5, 0.6) is 0 Å². The predicted octanol–water partition coefficient (Wildman–Crippen LogP) is 2.31. The molecule has 0 heterocycles. The number of hydrogen-bond donors (Lipinski definition) is 2. The van der Waals surface area contributed by atoms with Gasteiger partial charge in [-0.25, -0.2) is 0 Å². The van der Waals surface area contributed by atoms with Gasteiger partial charge in [-0.3, -0.25) is 0 Å². The Morgan fingerprint density at radius 3 is 2.59 bits per heavy atom. The van der Waals surface area contributed by atoms with Crippen molar-refractivity contribution in [3.05, 3.63) is 29.8 Å². The van der Waals surface area contributed by atoms with E-state index < -0.39 is 0 Å². The SMILES string of the molecule is C[C@H](N)c1ccccc1N(C)CCCCCO. The van der Waals surface area contributed by atoms with Crippen LogP contribution in [-0.4, -0.2) is 25.3 Å². The van der Waals surface area contributed by atoms with E-state index in [9.17, 15) is 0 Å². The van der Waals surface area contributed by atoms with Crippen LogP contribution in [0.3, 0.4) is 0 Å². The second-order valence-electron chi connectivity index (χ2n) is 4.55. The molecule has 0 aliphatic heterocycles. The molecule has 0 aliphatic carbocycles. The number of para-hydroxylation sites is 1. The first kappa shape index (κ1) is 14.0. The lowest BCUT2D eigenvalue weighted by Crippen LogP contribution is -2.21. The van der Waals surface area contributed by atoms with Crippen molar-refractivity contribution in [2.75, 3.05) is 25.1 Å². The summed E-state index contributed by atoms with van der Waals surface area (Å²) >= 11 is 0. The van der Waals surface area contributed by atoms with E-state index in [0.717, 1.165) is 25.8 Å². The second-order valence-corrected chi connectivity index (χ2v) is 4.55. The first-order valence-corrected chi connectivity index (χ1v) is 6.33. The molecule has 0 saturated heterocycles. The first-order chi connectivity index (χ1) is 8.16. The topological polar surface area (TPSA) is 49.5 Å². The van der Waals surface area contributed by atoms with Crippen LogP contribution in [-0.2, 0) is 0 Å². The molecule has 3 heteroatoms. The van der Waals surface area contributed by atoms with E-state index >= 15 is 0 Å². The molecule has 1 atom stereocenters. The van der Waals surface area contributed by atoms with E-state index in [1.54, 1.807) is 0 Å². The maximum Gasteiger partial charge on any atom is 0.0431 e. The molecule has 3 N–H and O–H groups in total. The molecule has 17 heavy (non-hydrogen) atoms. The molecule has 1 aromatic rings. The van der Waals surface area contributed by atoms with Gasteiger partial charge in [0.05, 0.1) is 0 Å². The first-order valence-electron chi connectivity index (χ1n) is 6.33. The van der Waals surface area contributed by atoms with Gasteiger partial charge < -0.3 is 15.7 Å². The van der Waals surface area contributed by atoms with Crippen LogP contribution in [0, 0.1) is 0 Å². The molecule has 3 nitrogen and oxygen atoms in total. The monoisotopic (exact) mass is 236 g/mol. The standard InChI is InChI=1S/C14H24N2O/c1-12(15)13-8-4-5-9-14(13)16(2)10-6-3-7-11-17/h4-5,8-9,12,17H,3,6-7,10-11,15H2,1-2H3/t12-/m0/s1. The van der Waals surface area contributed by atoms with Crippen LogP contribution in [0.1, 0.15) is 37.8 Å². The summed E-state index contributed by atoms with van der Waals surface area (Å²) in [6.45, 7) is 3.31. The lowest BCUT2D eigenvalue weighted by atomic mass is 10.1. The van der Waals surface area contributed by atoms with E-state index in [2.05, 4.69) is 24.1 Å². The quantitative estimate of drug-likeness (QED) is 0.714. The van der Waals surface area contributed by atoms with Gasteiger partial charge in [0.25, 0.3) is 0 Å². The highest BCUT2D eigenvalue weighted by molar-refractivity contribution is 5.54. The van der Waals surface area contributed by atoms with Gasteiger partial charge in [-0.05, 0) is 37.8 Å². The van der Waals surface area contributed by atoms with Gasteiger partial charge in [-0.2, -0.15) is 0 Å². The highest BCUT2D eigenvalue weighted by Crippen LogP contribution is 2.24. The van der Waals surface area contributed by atoms with E-state index in [-0.39, 0.29) is 6.04 Å². The van der Waals surface area contributed by atoms with Crippen LogP contribution >= 0.6 is 0 Å². The predicted molar refractivity (Wildman–Crippen MR) is 73.3 cm³/mol. The van der Waals surface area contributed by atoms with E-state index in [4.69, 9.17) is 10.8 Å². The Labute approximate surface area is 104 Å². The van der Waals surface area contributed by atoms with E-state index in [1.165, 1.54) is 11.3 Å². The van der Waals surface area contributed by atoms with Gasteiger partial charge in [0.15, 0.2) is 0 Å². The summed E-state index contributed by atoms with van der Waals surface area (Å²) in [6, 6.07) is 8.34. The van der Waals surface area contributed by atoms with Crippen LogP contribution in [0.4, 0.5) is 5.69 Å². The lowest BCUT2D eigenvalue weighted by molar-refractivity contribution is 0.283. The molecular weight excluding hydrogens is 212 g/mol. The molecule has 0 amide bonds. The largest absolute Gasteiger partial charge is 0.396 e. The molecule has 0 unspecified atom stereocenters. The van der Waals surface area contributed by atoms with Crippen molar-refractivity contribution in [3.63, 3.8) is 0 Å². The van der Waals surface area contributed by atoms with Crippen molar-refractivity contribution in [2.45, 2.75) is 32.2 Å². The number of nitrogens with zero attached hydrogens (tertiary/aromatic N) is 1. The Kier molecular flexibility index (Phi) is 6.01. The van der Waals surface area contributed by atoms with Crippen molar-refractivity contribution in [2.24, 2.45) is 5.73 Å². The van der Waals surface area contributed by atoms with E-state index in [1.807, 2.05) is 19.1 Å². The zero-order valence-electron chi connectivity index (χ0n) is 10.9. The molecular formula is C14H24N2O. The zero-order chi connectivity index (χ0) is 12.7. The number of unbranched alkanes of at least 4 members (excludes halogenated alkanes) is 2. The molecule has 96 valence electrons.